The molecule has 0 aliphatic heterocycles. The molecule has 0 unspecified atom stereocenters. The van der Waals surface area contributed by atoms with Gasteiger partial charge in [0.2, 0.25) is 0 Å². The Bertz CT molecular complexity index is 1230. The number of nitrogens with zero attached hydrogens (tertiary/aromatic N) is 2. The SMILES string of the molecule is CCCC#CC(=Nc1ccc(CCCCC)c(CCCCC)c1)C(CCCCC)=Nc1ccc(CCCCC)c(CCCCC)c1.[Pd]. The predicted octanol–water partition coefficient (Wildman–Crippen LogP) is 13.8. The molecule has 0 radical (unpaired) electrons. The Morgan fingerprint density at radius 2 is 0.915 bits per heavy atom. The second-order valence-corrected chi connectivity index (χ2v) is 13.3. The van der Waals surface area contributed by atoms with E-state index in [1.165, 1.54) is 125 Å². The van der Waals surface area contributed by atoms with Crippen LogP contribution in [0.5, 0.6) is 0 Å². The summed E-state index contributed by atoms with van der Waals surface area (Å²) in [6, 6.07) is 13.9. The minimum Gasteiger partial charge on any atom is -0.251 e. The van der Waals surface area contributed by atoms with Crippen LogP contribution in [0.1, 0.15) is 179 Å². The Hall–Kier alpha value is -2.00. The molecule has 2 rings (SSSR count). The fraction of sp³-hybridized carbons (Fsp3) is 0.636. The van der Waals surface area contributed by atoms with Gasteiger partial charge in [-0.05, 0) is 123 Å². The van der Waals surface area contributed by atoms with Crippen LogP contribution in [-0.4, -0.2) is 11.4 Å². The van der Waals surface area contributed by atoms with E-state index in [2.05, 4.69) is 89.8 Å². The Morgan fingerprint density at radius 3 is 1.36 bits per heavy atom. The van der Waals surface area contributed by atoms with Crippen molar-refractivity contribution in [3.8, 4) is 11.8 Å². The molecule has 0 N–H and O–H groups in total. The van der Waals surface area contributed by atoms with E-state index in [-0.39, 0.29) is 20.4 Å². The molecular formula is C44H68N2Pd. The summed E-state index contributed by atoms with van der Waals surface area (Å²) >= 11 is 0. The van der Waals surface area contributed by atoms with E-state index >= 15 is 0 Å². The molecular weight excluding hydrogens is 663 g/mol. The molecule has 0 spiro atoms. The zero-order valence-corrected chi connectivity index (χ0v) is 32.8. The molecule has 2 aromatic carbocycles. The molecule has 0 heterocycles. The van der Waals surface area contributed by atoms with Crippen molar-refractivity contribution in [2.75, 3.05) is 0 Å². The first kappa shape index (κ1) is 43.0. The maximum Gasteiger partial charge on any atom is 0.135 e. The number of rotatable bonds is 24. The molecule has 0 amide bonds. The van der Waals surface area contributed by atoms with Crippen molar-refractivity contribution < 1.29 is 20.4 Å². The summed E-state index contributed by atoms with van der Waals surface area (Å²) < 4.78 is 0. The van der Waals surface area contributed by atoms with Crippen molar-refractivity contribution >= 4 is 22.8 Å². The van der Waals surface area contributed by atoms with Gasteiger partial charge in [0.15, 0.2) is 0 Å². The number of hydrogen-bond donors (Lipinski definition) is 0. The fourth-order valence-electron chi connectivity index (χ4n) is 6.07. The van der Waals surface area contributed by atoms with Crippen LogP contribution in [0, 0.1) is 11.8 Å². The summed E-state index contributed by atoms with van der Waals surface area (Å²) in [5.74, 6) is 6.95. The van der Waals surface area contributed by atoms with Gasteiger partial charge in [0, 0.05) is 26.8 Å². The quantitative estimate of drug-likeness (QED) is 0.0445. The van der Waals surface area contributed by atoms with Crippen molar-refractivity contribution in [1.29, 1.82) is 0 Å². The number of aryl methyl sites for hydroxylation is 4. The van der Waals surface area contributed by atoms with Gasteiger partial charge in [0.25, 0.3) is 0 Å². The Labute approximate surface area is 305 Å². The average Bonchev–Trinajstić information content (AvgIpc) is 3.06. The van der Waals surface area contributed by atoms with Crippen molar-refractivity contribution in [3.05, 3.63) is 58.7 Å². The molecule has 47 heavy (non-hydrogen) atoms. The third kappa shape index (κ3) is 17.8. The summed E-state index contributed by atoms with van der Waals surface area (Å²) in [6.45, 7) is 13.6. The zero-order valence-electron chi connectivity index (χ0n) is 31.2. The summed E-state index contributed by atoms with van der Waals surface area (Å²) in [5, 5.41) is 0. The predicted molar refractivity (Wildman–Crippen MR) is 207 cm³/mol. The van der Waals surface area contributed by atoms with Gasteiger partial charge < -0.3 is 0 Å². The monoisotopic (exact) mass is 730 g/mol. The van der Waals surface area contributed by atoms with E-state index in [1.807, 2.05) is 0 Å². The topological polar surface area (TPSA) is 24.7 Å². The van der Waals surface area contributed by atoms with Crippen LogP contribution >= 0.6 is 0 Å². The van der Waals surface area contributed by atoms with Gasteiger partial charge in [0.1, 0.15) is 5.71 Å². The molecule has 2 aromatic rings. The van der Waals surface area contributed by atoms with E-state index in [0.29, 0.717) is 0 Å². The molecule has 0 fully saturated rings. The van der Waals surface area contributed by atoms with E-state index < -0.39 is 0 Å². The zero-order chi connectivity index (χ0) is 33.2. The van der Waals surface area contributed by atoms with Crippen LogP contribution < -0.4 is 0 Å². The maximum atomic E-state index is 5.37. The minimum absolute atomic E-state index is 0. The summed E-state index contributed by atoms with van der Waals surface area (Å²) in [7, 11) is 0. The van der Waals surface area contributed by atoms with E-state index in [9.17, 15) is 0 Å². The van der Waals surface area contributed by atoms with Crippen molar-refractivity contribution in [2.24, 2.45) is 9.98 Å². The fourth-order valence-corrected chi connectivity index (χ4v) is 6.07. The molecule has 0 bridgehead atoms. The van der Waals surface area contributed by atoms with Crippen molar-refractivity contribution in [1.82, 2.24) is 0 Å². The molecule has 0 saturated carbocycles. The Kier molecular flexibility index (Phi) is 25.5. The molecule has 0 aliphatic carbocycles. The van der Waals surface area contributed by atoms with Crippen LogP contribution in [0.4, 0.5) is 11.4 Å². The summed E-state index contributed by atoms with van der Waals surface area (Å²) in [4.78, 5) is 10.7. The Morgan fingerprint density at radius 1 is 0.489 bits per heavy atom. The van der Waals surface area contributed by atoms with Crippen LogP contribution in [0.15, 0.2) is 46.4 Å². The number of hydrogen-bond acceptors (Lipinski definition) is 2. The van der Waals surface area contributed by atoms with Crippen LogP contribution in [0.2, 0.25) is 0 Å². The average molecular weight is 731 g/mol. The van der Waals surface area contributed by atoms with Crippen molar-refractivity contribution in [3.63, 3.8) is 0 Å². The van der Waals surface area contributed by atoms with Crippen LogP contribution in [0.25, 0.3) is 0 Å². The third-order valence-electron chi connectivity index (χ3n) is 8.96. The molecule has 0 saturated heterocycles. The number of benzene rings is 2. The Balaban J connectivity index is 0.0000110. The second-order valence-electron chi connectivity index (χ2n) is 13.3. The van der Waals surface area contributed by atoms with Gasteiger partial charge in [-0.1, -0.05) is 124 Å². The first-order valence-electron chi connectivity index (χ1n) is 19.5. The second kappa shape index (κ2) is 27.9. The van der Waals surface area contributed by atoms with Gasteiger partial charge in [-0.3, -0.25) is 4.99 Å². The summed E-state index contributed by atoms with van der Waals surface area (Å²) in [6.07, 6.45) is 26.2. The first-order chi connectivity index (χ1) is 22.6. The standard InChI is InChI=1S/C44H68N2.Pd/c1-7-13-19-25-37-31-33-41(35-39(37)27-21-15-9-3)45-43(29-23-17-11-5)44(30-24-18-12-6)46-42-34-32-38(26-20-14-8-2)40(36-42)28-22-16-10-4;/h31-36H,7-23,25-29H2,1-6H3;. The molecule has 0 aliphatic rings. The first-order valence-corrected chi connectivity index (χ1v) is 19.5. The molecule has 3 heteroatoms. The number of unbranched alkanes of at least 4 members (excludes halogenated alkanes) is 11. The van der Waals surface area contributed by atoms with E-state index in [4.69, 9.17) is 9.98 Å². The molecule has 0 aromatic heterocycles. The van der Waals surface area contributed by atoms with E-state index in [1.54, 1.807) is 0 Å². The molecule has 264 valence electrons. The third-order valence-corrected chi connectivity index (χ3v) is 8.96. The number of aliphatic imine (C=N–C) groups is 2. The normalized spacial score (nSPS) is 11.7. The summed E-state index contributed by atoms with van der Waals surface area (Å²) in [5.41, 5.74) is 10.00. The van der Waals surface area contributed by atoms with Gasteiger partial charge in [0.05, 0.1) is 17.1 Å². The van der Waals surface area contributed by atoms with Gasteiger partial charge >= 0.3 is 0 Å². The van der Waals surface area contributed by atoms with Crippen LogP contribution in [0.3, 0.4) is 0 Å². The smallest absolute Gasteiger partial charge is 0.135 e. The molecule has 0 atom stereocenters. The van der Waals surface area contributed by atoms with Gasteiger partial charge in [-0.15, -0.1) is 0 Å². The largest absolute Gasteiger partial charge is 0.251 e. The van der Waals surface area contributed by atoms with Gasteiger partial charge in [-0.25, -0.2) is 4.99 Å². The minimum atomic E-state index is 0. The van der Waals surface area contributed by atoms with Crippen molar-refractivity contribution in [2.45, 2.75) is 183 Å². The van der Waals surface area contributed by atoms with Gasteiger partial charge in [-0.2, -0.15) is 0 Å². The maximum absolute atomic E-state index is 5.37. The molecule has 2 nitrogen and oxygen atoms in total. The van der Waals surface area contributed by atoms with E-state index in [0.717, 1.165) is 61.3 Å². The van der Waals surface area contributed by atoms with Crippen LogP contribution in [-0.2, 0) is 46.1 Å².